The Kier molecular flexibility index (Phi) is 6.26. The number of halogens is 1. The average Bonchev–Trinajstić information content (AvgIpc) is 2.68. The minimum atomic E-state index is -0.0325. The number of nitrogens with zero attached hydrogens (tertiary/aromatic N) is 2. The lowest BCUT2D eigenvalue weighted by Gasteiger charge is -2.13. The molecule has 1 heterocycles. The first-order valence-corrected chi connectivity index (χ1v) is 9.55. The lowest BCUT2D eigenvalue weighted by atomic mass is 10.1. The van der Waals surface area contributed by atoms with Crippen LogP contribution in [0.4, 0.5) is 0 Å². The van der Waals surface area contributed by atoms with E-state index >= 15 is 0 Å². The van der Waals surface area contributed by atoms with Gasteiger partial charge in [-0.25, -0.2) is 0 Å². The molecule has 1 aromatic heterocycles. The zero-order valence-corrected chi connectivity index (χ0v) is 15.8. The van der Waals surface area contributed by atoms with Gasteiger partial charge in [-0.05, 0) is 36.8 Å². The summed E-state index contributed by atoms with van der Waals surface area (Å²) in [5, 5.41) is 12.8. The van der Waals surface area contributed by atoms with Gasteiger partial charge in [0.25, 0.3) is 0 Å². The number of hydrogen-bond acceptors (Lipinski definition) is 4. The van der Waals surface area contributed by atoms with Crippen LogP contribution in [0, 0.1) is 0 Å². The summed E-state index contributed by atoms with van der Waals surface area (Å²) >= 11 is 7.26. The van der Waals surface area contributed by atoms with E-state index in [0.717, 1.165) is 16.8 Å². The summed E-state index contributed by atoms with van der Waals surface area (Å²) in [4.78, 5) is 12.1. The largest absolute Gasteiger partial charge is 0.349 e. The molecule has 0 fully saturated rings. The van der Waals surface area contributed by atoms with Gasteiger partial charge in [0.2, 0.25) is 5.91 Å². The van der Waals surface area contributed by atoms with Crippen LogP contribution in [0.3, 0.4) is 0 Å². The van der Waals surface area contributed by atoms with E-state index in [4.69, 9.17) is 11.6 Å². The van der Waals surface area contributed by atoms with E-state index in [1.165, 1.54) is 11.8 Å². The Hall–Kier alpha value is -2.37. The van der Waals surface area contributed by atoms with Gasteiger partial charge in [0.15, 0.2) is 0 Å². The molecule has 0 aliphatic carbocycles. The lowest BCUT2D eigenvalue weighted by molar-refractivity contribution is -0.119. The van der Waals surface area contributed by atoms with Gasteiger partial charge in [-0.2, -0.15) is 0 Å². The van der Waals surface area contributed by atoms with Crippen molar-refractivity contribution in [2.24, 2.45) is 0 Å². The lowest BCUT2D eigenvalue weighted by Crippen LogP contribution is -2.28. The highest BCUT2D eigenvalue weighted by Crippen LogP contribution is 2.21. The van der Waals surface area contributed by atoms with Gasteiger partial charge >= 0.3 is 0 Å². The summed E-state index contributed by atoms with van der Waals surface area (Å²) in [6, 6.07) is 21.1. The zero-order chi connectivity index (χ0) is 18.4. The molecule has 0 bridgehead atoms. The Balaban J connectivity index is 1.53. The average molecular weight is 384 g/mol. The Labute approximate surface area is 162 Å². The van der Waals surface area contributed by atoms with Crippen molar-refractivity contribution >= 4 is 29.3 Å². The van der Waals surface area contributed by atoms with E-state index in [1.54, 1.807) is 0 Å². The quantitative estimate of drug-likeness (QED) is 0.623. The molecule has 3 aromatic rings. The van der Waals surface area contributed by atoms with Crippen LogP contribution < -0.4 is 5.32 Å². The minimum absolute atomic E-state index is 0.0253. The number of aromatic nitrogens is 2. The van der Waals surface area contributed by atoms with E-state index in [2.05, 4.69) is 15.5 Å². The second-order valence-corrected chi connectivity index (χ2v) is 7.18. The summed E-state index contributed by atoms with van der Waals surface area (Å²) in [6.45, 7) is 1.97. The van der Waals surface area contributed by atoms with Crippen molar-refractivity contribution < 1.29 is 4.79 Å². The first-order chi connectivity index (χ1) is 12.6. The molecule has 0 saturated carbocycles. The molecule has 0 aliphatic heterocycles. The highest BCUT2D eigenvalue weighted by molar-refractivity contribution is 7.99. The smallest absolute Gasteiger partial charge is 0.230 e. The number of thioether (sulfide) groups is 1. The van der Waals surface area contributed by atoms with Gasteiger partial charge < -0.3 is 5.32 Å². The van der Waals surface area contributed by atoms with Crippen LogP contribution in [0.25, 0.3) is 11.3 Å². The highest BCUT2D eigenvalue weighted by atomic mass is 35.5. The third-order valence-electron chi connectivity index (χ3n) is 3.81. The van der Waals surface area contributed by atoms with Crippen molar-refractivity contribution in [2.45, 2.75) is 18.0 Å². The third kappa shape index (κ3) is 5.07. The summed E-state index contributed by atoms with van der Waals surface area (Å²) in [5.74, 6) is 0.265. The van der Waals surface area contributed by atoms with Crippen molar-refractivity contribution in [3.8, 4) is 11.3 Å². The van der Waals surface area contributed by atoms with Gasteiger partial charge in [-0.15, -0.1) is 10.2 Å². The highest BCUT2D eigenvalue weighted by Gasteiger charge is 2.10. The van der Waals surface area contributed by atoms with Crippen molar-refractivity contribution in [1.29, 1.82) is 0 Å². The first-order valence-electron chi connectivity index (χ1n) is 8.18. The van der Waals surface area contributed by atoms with E-state index < -0.39 is 0 Å². The SMILES string of the molecule is C[C@H](NC(=O)CSc1ccc(-c2ccc(Cl)cc2)nn1)c1ccccc1. The molecule has 0 radical (unpaired) electrons. The van der Waals surface area contributed by atoms with E-state index in [-0.39, 0.29) is 11.9 Å². The molecule has 132 valence electrons. The molecule has 1 N–H and O–H groups in total. The van der Waals surface area contributed by atoms with E-state index in [1.807, 2.05) is 73.7 Å². The van der Waals surface area contributed by atoms with Crippen LogP contribution in [0.2, 0.25) is 5.02 Å². The predicted octanol–water partition coefficient (Wildman–Crippen LogP) is 4.77. The predicted molar refractivity (Wildman–Crippen MR) is 106 cm³/mol. The molecule has 6 heteroatoms. The fraction of sp³-hybridized carbons (Fsp3) is 0.150. The van der Waals surface area contributed by atoms with Gasteiger partial charge in [-0.3, -0.25) is 4.79 Å². The van der Waals surface area contributed by atoms with E-state index in [0.29, 0.717) is 15.8 Å². The molecule has 1 atom stereocenters. The van der Waals surface area contributed by atoms with Crippen LogP contribution in [-0.2, 0) is 4.79 Å². The first kappa shape index (κ1) is 18.4. The molecule has 3 rings (SSSR count). The normalized spacial score (nSPS) is 11.8. The third-order valence-corrected chi connectivity index (χ3v) is 4.98. The molecular formula is C20H18ClN3OS. The number of carbonyl (C=O) groups is 1. The summed E-state index contributed by atoms with van der Waals surface area (Å²) in [7, 11) is 0. The number of benzene rings is 2. The van der Waals surface area contributed by atoms with Crippen molar-refractivity contribution in [2.75, 3.05) is 5.75 Å². The minimum Gasteiger partial charge on any atom is -0.349 e. The van der Waals surface area contributed by atoms with Crippen LogP contribution in [0.15, 0.2) is 71.8 Å². The summed E-state index contributed by atoms with van der Waals surface area (Å²) in [6.07, 6.45) is 0. The maximum absolute atomic E-state index is 12.1. The maximum Gasteiger partial charge on any atom is 0.230 e. The molecule has 0 aliphatic rings. The number of nitrogens with one attached hydrogen (secondary N) is 1. The van der Waals surface area contributed by atoms with Gasteiger partial charge in [-0.1, -0.05) is 65.8 Å². The number of amides is 1. The fourth-order valence-electron chi connectivity index (χ4n) is 2.42. The monoisotopic (exact) mass is 383 g/mol. The van der Waals surface area contributed by atoms with Crippen LogP contribution in [0.1, 0.15) is 18.5 Å². The zero-order valence-electron chi connectivity index (χ0n) is 14.2. The molecule has 0 saturated heterocycles. The molecule has 2 aromatic carbocycles. The molecule has 4 nitrogen and oxygen atoms in total. The fourth-order valence-corrected chi connectivity index (χ4v) is 3.17. The van der Waals surface area contributed by atoms with Crippen LogP contribution in [-0.4, -0.2) is 21.9 Å². The molecule has 0 unspecified atom stereocenters. The van der Waals surface area contributed by atoms with Crippen LogP contribution >= 0.6 is 23.4 Å². The summed E-state index contributed by atoms with van der Waals surface area (Å²) < 4.78 is 0. The van der Waals surface area contributed by atoms with Crippen molar-refractivity contribution in [3.63, 3.8) is 0 Å². The molecular weight excluding hydrogens is 366 g/mol. The second kappa shape index (κ2) is 8.83. The summed E-state index contributed by atoms with van der Waals surface area (Å²) in [5.41, 5.74) is 2.80. The standard InChI is InChI=1S/C20H18ClN3OS/c1-14(15-5-3-2-4-6-15)22-19(25)13-26-20-12-11-18(23-24-20)16-7-9-17(21)10-8-16/h2-12,14H,13H2,1H3,(H,22,25)/t14-/m0/s1. The van der Waals surface area contributed by atoms with Crippen LogP contribution in [0.5, 0.6) is 0 Å². The number of carbonyl (C=O) groups excluding carboxylic acids is 1. The van der Waals surface area contributed by atoms with Gasteiger partial charge in [0.1, 0.15) is 5.03 Å². The number of rotatable bonds is 6. The van der Waals surface area contributed by atoms with E-state index in [9.17, 15) is 4.79 Å². The van der Waals surface area contributed by atoms with Crippen molar-refractivity contribution in [1.82, 2.24) is 15.5 Å². The molecule has 0 spiro atoms. The number of hydrogen-bond donors (Lipinski definition) is 1. The molecule has 26 heavy (non-hydrogen) atoms. The van der Waals surface area contributed by atoms with Crippen molar-refractivity contribution in [3.05, 3.63) is 77.3 Å². The Morgan fingerprint density at radius 2 is 1.77 bits per heavy atom. The Morgan fingerprint density at radius 3 is 2.42 bits per heavy atom. The van der Waals surface area contributed by atoms with Gasteiger partial charge in [0.05, 0.1) is 17.5 Å². The molecule has 1 amide bonds. The Bertz CT molecular complexity index is 854. The van der Waals surface area contributed by atoms with Gasteiger partial charge in [0, 0.05) is 10.6 Å². The maximum atomic E-state index is 12.1. The Morgan fingerprint density at radius 1 is 1.04 bits per heavy atom. The second-order valence-electron chi connectivity index (χ2n) is 5.75. The topological polar surface area (TPSA) is 54.9 Å².